The molecule has 2 rings (SSSR count). The molecule has 1 aliphatic heterocycles. The Morgan fingerprint density at radius 2 is 2.26 bits per heavy atom. The summed E-state index contributed by atoms with van der Waals surface area (Å²) in [5.74, 6) is -0.749. The van der Waals surface area contributed by atoms with Gasteiger partial charge in [0.25, 0.3) is 0 Å². The van der Waals surface area contributed by atoms with Gasteiger partial charge in [0.2, 0.25) is 10.0 Å². The molecule has 7 heteroatoms. The highest BCUT2D eigenvalue weighted by atomic mass is 79.9. The molecule has 1 aliphatic rings. The highest BCUT2D eigenvalue weighted by Crippen LogP contribution is 2.19. The van der Waals surface area contributed by atoms with E-state index in [9.17, 15) is 12.8 Å². The molecule has 0 aromatic heterocycles. The van der Waals surface area contributed by atoms with Crippen molar-refractivity contribution in [1.29, 1.82) is 0 Å². The van der Waals surface area contributed by atoms with Crippen LogP contribution in [0.2, 0.25) is 0 Å². The quantitative estimate of drug-likeness (QED) is 0.853. The Morgan fingerprint density at radius 3 is 2.89 bits per heavy atom. The Kier molecular flexibility index (Phi) is 4.94. The molecular formula is C12H16BrFN2O2S. The second kappa shape index (κ2) is 6.30. The smallest absolute Gasteiger partial charge is 0.243 e. The Morgan fingerprint density at radius 1 is 1.47 bits per heavy atom. The van der Waals surface area contributed by atoms with Crippen LogP contribution < -0.4 is 10.0 Å². The van der Waals surface area contributed by atoms with Gasteiger partial charge in [-0.25, -0.2) is 17.5 Å². The lowest BCUT2D eigenvalue weighted by atomic mass is 10.2. The van der Waals surface area contributed by atoms with Crippen molar-refractivity contribution in [3.8, 4) is 0 Å². The fourth-order valence-electron chi connectivity index (χ4n) is 2.14. The van der Waals surface area contributed by atoms with Crippen molar-refractivity contribution in [3.05, 3.63) is 28.5 Å². The average Bonchev–Trinajstić information content (AvgIpc) is 2.81. The number of hydrogen-bond donors (Lipinski definition) is 2. The fourth-order valence-corrected chi connectivity index (χ4v) is 3.58. The van der Waals surface area contributed by atoms with Crippen LogP contribution in [0.5, 0.6) is 0 Å². The summed E-state index contributed by atoms with van der Waals surface area (Å²) in [7, 11) is -3.77. The molecule has 0 spiro atoms. The number of nitrogens with one attached hydrogen (secondary N) is 2. The van der Waals surface area contributed by atoms with Crippen LogP contribution in [0.3, 0.4) is 0 Å². The van der Waals surface area contributed by atoms with Gasteiger partial charge in [-0.3, -0.25) is 0 Å². The molecule has 1 atom stereocenters. The van der Waals surface area contributed by atoms with E-state index in [0.717, 1.165) is 31.9 Å². The van der Waals surface area contributed by atoms with Gasteiger partial charge in [-0.15, -0.1) is 0 Å². The van der Waals surface area contributed by atoms with Crippen molar-refractivity contribution in [2.75, 3.05) is 13.1 Å². The maximum Gasteiger partial charge on any atom is 0.243 e. The van der Waals surface area contributed by atoms with Crippen LogP contribution in [0.1, 0.15) is 19.3 Å². The lowest BCUT2D eigenvalue weighted by Gasteiger charge is -2.11. The lowest BCUT2D eigenvalue weighted by Crippen LogP contribution is -2.31. The predicted octanol–water partition coefficient (Wildman–Crippen LogP) is 2.01. The van der Waals surface area contributed by atoms with Gasteiger partial charge in [0.15, 0.2) is 0 Å². The number of halogens is 2. The molecule has 19 heavy (non-hydrogen) atoms. The van der Waals surface area contributed by atoms with Gasteiger partial charge >= 0.3 is 0 Å². The minimum absolute atomic E-state index is 0.310. The summed E-state index contributed by atoms with van der Waals surface area (Å²) < 4.78 is 40.5. The SMILES string of the molecule is O=S(=O)(NCC[C@H]1CCCN1)c1ccc(Br)cc1F. The van der Waals surface area contributed by atoms with E-state index in [1.165, 1.54) is 12.1 Å². The van der Waals surface area contributed by atoms with Crippen LogP contribution >= 0.6 is 15.9 Å². The van der Waals surface area contributed by atoms with Crippen molar-refractivity contribution < 1.29 is 12.8 Å². The van der Waals surface area contributed by atoms with Gasteiger partial charge in [-0.2, -0.15) is 0 Å². The Labute approximate surface area is 121 Å². The molecule has 0 amide bonds. The monoisotopic (exact) mass is 350 g/mol. The molecule has 1 aromatic rings. The zero-order chi connectivity index (χ0) is 13.9. The second-order valence-corrected chi connectivity index (χ2v) is 7.21. The minimum Gasteiger partial charge on any atom is -0.314 e. The van der Waals surface area contributed by atoms with Crippen molar-refractivity contribution in [1.82, 2.24) is 10.0 Å². The predicted molar refractivity (Wildman–Crippen MR) is 74.9 cm³/mol. The molecule has 0 unspecified atom stereocenters. The molecule has 0 radical (unpaired) electrons. The summed E-state index contributed by atoms with van der Waals surface area (Å²) in [4.78, 5) is -0.310. The van der Waals surface area contributed by atoms with Gasteiger partial charge in [-0.05, 0) is 44.0 Å². The Hall–Kier alpha value is -0.500. The largest absolute Gasteiger partial charge is 0.314 e. The molecule has 1 heterocycles. The summed E-state index contributed by atoms with van der Waals surface area (Å²) in [6.45, 7) is 1.30. The maximum absolute atomic E-state index is 13.6. The first kappa shape index (κ1) is 14.9. The normalized spacial score (nSPS) is 19.8. The van der Waals surface area contributed by atoms with Crippen LogP contribution in [0, 0.1) is 5.82 Å². The van der Waals surface area contributed by atoms with E-state index < -0.39 is 15.8 Å². The van der Waals surface area contributed by atoms with Gasteiger partial charge in [-0.1, -0.05) is 15.9 Å². The highest BCUT2D eigenvalue weighted by molar-refractivity contribution is 9.10. The van der Waals surface area contributed by atoms with Gasteiger partial charge < -0.3 is 5.32 Å². The molecule has 106 valence electrons. The minimum atomic E-state index is -3.77. The molecule has 2 N–H and O–H groups in total. The Balaban J connectivity index is 1.97. The third kappa shape index (κ3) is 3.98. The molecule has 1 fully saturated rings. The lowest BCUT2D eigenvalue weighted by molar-refractivity contribution is 0.532. The van der Waals surface area contributed by atoms with Crippen molar-refractivity contribution >= 4 is 26.0 Å². The van der Waals surface area contributed by atoms with E-state index in [-0.39, 0.29) is 4.90 Å². The summed E-state index contributed by atoms with van der Waals surface area (Å²) in [5, 5.41) is 3.29. The number of rotatable bonds is 5. The fraction of sp³-hybridized carbons (Fsp3) is 0.500. The number of hydrogen-bond acceptors (Lipinski definition) is 3. The maximum atomic E-state index is 13.6. The van der Waals surface area contributed by atoms with E-state index in [0.29, 0.717) is 17.1 Å². The standard InChI is InChI=1S/C12H16BrFN2O2S/c13-9-3-4-12(11(14)8-9)19(17,18)16-7-5-10-2-1-6-15-10/h3-4,8,10,15-16H,1-2,5-7H2/t10-/m1/s1. The van der Waals surface area contributed by atoms with E-state index >= 15 is 0 Å². The first-order chi connectivity index (χ1) is 8.99. The number of sulfonamides is 1. The molecule has 0 saturated carbocycles. The highest BCUT2D eigenvalue weighted by Gasteiger charge is 2.20. The second-order valence-electron chi connectivity index (χ2n) is 4.55. The average molecular weight is 351 g/mol. The zero-order valence-corrected chi connectivity index (χ0v) is 12.7. The van der Waals surface area contributed by atoms with E-state index in [2.05, 4.69) is 26.0 Å². The summed E-state index contributed by atoms with van der Waals surface area (Å²) >= 11 is 3.10. The molecule has 1 aromatic carbocycles. The molecular weight excluding hydrogens is 335 g/mol. The molecule has 4 nitrogen and oxygen atoms in total. The van der Waals surface area contributed by atoms with Crippen LogP contribution in [-0.4, -0.2) is 27.5 Å². The molecule has 1 saturated heterocycles. The molecule has 0 bridgehead atoms. The van der Waals surface area contributed by atoms with Gasteiger partial charge in [0.05, 0.1) is 0 Å². The van der Waals surface area contributed by atoms with E-state index in [1.807, 2.05) is 0 Å². The van der Waals surface area contributed by atoms with Crippen molar-refractivity contribution in [3.63, 3.8) is 0 Å². The van der Waals surface area contributed by atoms with Crippen LogP contribution in [0.15, 0.2) is 27.6 Å². The zero-order valence-electron chi connectivity index (χ0n) is 10.3. The first-order valence-corrected chi connectivity index (χ1v) is 8.45. The topological polar surface area (TPSA) is 58.2 Å². The summed E-state index contributed by atoms with van der Waals surface area (Å²) in [6.07, 6.45) is 2.91. The van der Waals surface area contributed by atoms with Gasteiger partial charge in [0, 0.05) is 17.1 Å². The first-order valence-electron chi connectivity index (χ1n) is 6.17. The summed E-state index contributed by atoms with van der Waals surface area (Å²) in [5.41, 5.74) is 0. The van der Waals surface area contributed by atoms with E-state index in [4.69, 9.17) is 0 Å². The van der Waals surface area contributed by atoms with Crippen LogP contribution in [0.4, 0.5) is 4.39 Å². The van der Waals surface area contributed by atoms with E-state index in [1.54, 1.807) is 0 Å². The van der Waals surface area contributed by atoms with Crippen molar-refractivity contribution in [2.45, 2.75) is 30.2 Å². The molecule has 0 aliphatic carbocycles. The number of benzene rings is 1. The summed E-state index contributed by atoms with van der Waals surface area (Å²) in [6, 6.07) is 4.27. The Bertz CT molecular complexity index is 545. The van der Waals surface area contributed by atoms with Gasteiger partial charge in [0.1, 0.15) is 10.7 Å². The van der Waals surface area contributed by atoms with Crippen LogP contribution in [0.25, 0.3) is 0 Å². The van der Waals surface area contributed by atoms with Crippen LogP contribution in [-0.2, 0) is 10.0 Å². The third-order valence-corrected chi connectivity index (χ3v) is 5.12. The third-order valence-electron chi connectivity index (χ3n) is 3.13. The van der Waals surface area contributed by atoms with Crippen molar-refractivity contribution in [2.24, 2.45) is 0 Å².